The summed E-state index contributed by atoms with van der Waals surface area (Å²) in [6.07, 6.45) is 3.49. The maximum atomic E-state index is 14.3. The van der Waals surface area contributed by atoms with Crippen molar-refractivity contribution in [1.82, 2.24) is 4.98 Å². The number of ether oxygens (including phenoxy) is 1. The predicted octanol–water partition coefficient (Wildman–Crippen LogP) is 6.57. The SMILES string of the molecule is CCCCOc1ccc(C(=O)C(=Cc2ccccc2F)c2nc3ccccc3o2)cc1. The minimum atomic E-state index is -0.427. The van der Waals surface area contributed by atoms with Crippen molar-refractivity contribution < 1.29 is 18.3 Å². The smallest absolute Gasteiger partial charge is 0.231 e. The molecule has 0 unspecified atom stereocenters. The lowest BCUT2D eigenvalue weighted by Gasteiger charge is -2.07. The van der Waals surface area contributed by atoms with E-state index in [1.807, 2.05) is 12.1 Å². The fourth-order valence-electron chi connectivity index (χ4n) is 3.15. The van der Waals surface area contributed by atoms with Crippen molar-refractivity contribution in [3.8, 4) is 5.75 Å². The summed E-state index contributed by atoms with van der Waals surface area (Å²) >= 11 is 0. The topological polar surface area (TPSA) is 52.3 Å². The number of allylic oxidation sites excluding steroid dienone is 1. The molecule has 4 nitrogen and oxygen atoms in total. The van der Waals surface area contributed by atoms with Crippen LogP contribution < -0.4 is 4.74 Å². The van der Waals surface area contributed by atoms with Crippen molar-refractivity contribution in [1.29, 1.82) is 0 Å². The van der Waals surface area contributed by atoms with E-state index in [4.69, 9.17) is 9.15 Å². The van der Waals surface area contributed by atoms with E-state index in [1.165, 1.54) is 12.1 Å². The molecule has 0 aliphatic heterocycles. The number of hydrogen-bond acceptors (Lipinski definition) is 4. The molecule has 1 aromatic heterocycles. The molecule has 4 aromatic rings. The summed E-state index contributed by atoms with van der Waals surface area (Å²) in [6, 6.07) is 20.4. The summed E-state index contributed by atoms with van der Waals surface area (Å²) in [4.78, 5) is 17.8. The first-order valence-corrected chi connectivity index (χ1v) is 10.3. The first kappa shape index (κ1) is 20.5. The minimum absolute atomic E-state index is 0.151. The lowest BCUT2D eigenvalue weighted by atomic mass is 10.0. The van der Waals surface area contributed by atoms with Crippen molar-refractivity contribution >= 4 is 28.5 Å². The Bertz CT molecular complexity index is 1190. The van der Waals surface area contributed by atoms with Crippen LogP contribution >= 0.6 is 0 Å². The number of rotatable bonds is 8. The lowest BCUT2D eigenvalue weighted by molar-refractivity contribution is 0.105. The molecule has 0 saturated carbocycles. The molecule has 0 bridgehead atoms. The maximum absolute atomic E-state index is 14.3. The highest BCUT2D eigenvalue weighted by Gasteiger charge is 2.21. The molecule has 156 valence electrons. The normalized spacial score (nSPS) is 11.6. The zero-order valence-corrected chi connectivity index (χ0v) is 17.2. The van der Waals surface area contributed by atoms with Crippen LogP contribution in [0.3, 0.4) is 0 Å². The van der Waals surface area contributed by atoms with Crippen molar-refractivity contribution in [2.75, 3.05) is 6.61 Å². The van der Waals surface area contributed by atoms with Gasteiger partial charge in [0.1, 0.15) is 17.1 Å². The van der Waals surface area contributed by atoms with Crippen molar-refractivity contribution in [3.63, 3.8) is 0 Å². The average molecular weight is 415 g/mol. The van der Waals surface area contributed by atoms with Gasteiger partial charge >= 0.3 is 0 Å². The Labute approximate surface area is 180 Å². The van der Waals surface area contributed by atoms with Crippen LogP contribution in [-0.2, 0) is 0 Å². The Kier molecular flexibility index (Phi) is 6.22. The molecule has 0 atom stereocenters. The molecular weight excluding hydrogens is 393 g/mol. The van der Waals surface area contributed by atoms with Gasteiger partial charge in [-0.2, -0.15) is 0 Å². The van der Waals surface area contributed by atoms with E-state index in [-0.39, 0.29) is 22.8 Å². The van der Waals surface area contributed by atoms with Crippen molar-refractivity contribution in [2.24, 2.45) is 0 Å². The van der Waals surface area contributed by atoms with E-state index in [1.54, 1.807) is 54.6 Å². The fourth-order valence-corrected chi connectivity index (χ4v) is 3.15. The van der Waals surface area contributed by atoms with Gasteiger partial charge in [-0.05, 0) is 55.0 Å². The van der Waals surface area contributed by atoms with Gasteiger partial charge in [0.05, 0.1) is 12.2 Å². The van der Waals surface area contributed by atoms with E-state index in [2.05, 4.69) is 11.9 Å². The number of Topliss-reactive ketones (excluding diaryl/α,β-unsaturated/α-hetero) is 1. The van der Waals surface area contributed by atoms with Crippen LogP contribution in [0.4, 0.5) is 4.39 Å². The summed E-state index contributed by atoms with van der Waals surface area (Å²) in [5.74, 6) is 0.114. The Morgan fingerprint density at radius 1 is 1.03 bits per heavy atom. The van der Waals surface area contributed by atoms with Crippen LogP contribution in [0.2, 0.25) is 0 Å². The summed E-state index contributed by atoms with van der Waals surface area (Å²) in [5.41, 5.74) is 2.09. The van der Waals surface area contributed by atoms with E-state index < -0.39 is 5.82 Å². The molecule has 5 heteroatoms. The van der Waals surface area contributed by atoms with Crippen molar-refractivity contribution in [2.45, 2.75) is 19.8 Å². The Hall–Kier alpha value is -3.73. The standard InChI is InChI=1S/C26H22FNO3/c1-2-3-16-30-20-14-12-18(13-15-20)25(29)21(17-19-8-4-5-9-22(19)27)26-28-23-10-6-7-11-24(23)31-26/h4-15,17H,2-3,16H2,1H3. The number of ketones is 1. The number of carbonyl (C=O) groups is 1. The molecule has 0 saturated heterocycles. The number of aromatic nitrogens is 1. The summed E-state index contributed by atoms with van der Waals surface area (Å²) in [5, 5.41) is 0. The number of oxazole rings is 1. The maximum Gasteiger partial charge on any atom is 0.231 e. The minimum Gasteiger partial charge on any atom is -0.494 e. The zero-order valence-electron chi connectivity index (χ0n) is 17.2. The Morgan fingerprint density at radius 2 is 1.77 bits per heavy atom. The molecule has 31 heavy (non-hydrogen) atoms. The third kappa shape index (κ3) is 4.72. The molecule has 0 aliphatic carbocycles. The molecular formula is C26H22FNO3. The highest BCUT2D eigenvalue weighted by Crippen LogP contribution is 2.27. The van der Waals surface area contributed by atoms with Crippen molar-refractivity contribution in [3.05, 3.63) is 95.6 Å². The number of unbranched alkanes of at least 4 members (excludes halogenated alkanes) is 1. The van der Waals surface area contributed by atoms with Gasteiger partial charge in [0.15, 0.2) is 11.4 Å². The molecule has 1 heterocycles. The largest absolute Gasteiger partial charge is 0.494 e. The number of carbonyl (C=O) groups excluding carboxylic acids is 1. The molecule has 0 amide bonds. The van der Waals surface area contributed by atoms with E-state index in [9.17, 15) is 9.18 Å². The van der Waals surface area contributed by atoms with E-state index in [0.717, 1.165) is 12.8 Å². The fraction of sp³-hybridized carbons (Fsp3) is 0.154. The second-order valence-electron chi connectivity index (χ2n) is 7.12. The molecule has 3 aromatic carbocycles. The van der Waals surface area contributed by atoms with Gasteiger partial charge in [0.25, 0.3) is 0 Å². The second kappa shape index (κ2) is 9.39. The van der Waals surface area contributed by atoms with Crippen LogP contribution in [0, 0.1) is 5.82 Å². The summed E-state index contributed by atoms with van der Waals surface area (Å²) in [6.45, 7) is 2.73. The number of fused-ring (bicyclic) bond motifs is 1. The highest BCUT2D eigenvalue weighted by molar-refractivity contribution is 6.31. The van der Waals surface area contributed by atoms with Crippen LogP contribution in [-0.4, -0.2) is 17.4 Å². The number of nitrogens with zero attached hydrogens (tertiary/aromatic N) is 1. The number of para-hydroxylation sites is 2. The summed E-state index contributed by atoms with van der Waals surface area (Å²) < 4.78 is 25.8. The average Bonchev–Trinajstić information content (AvgIpc) is 3.23. The molecule has 0 fully saturated rings. The molecule has 0 radical (unpaired) electrons. The van der Waals surface area contributed by atoms with Gasteiger partial charge < -0.3 is 9.15 Å². The monoisotopic (exact) mass is 415 g/mol. The number of halogens is 1. The number of hydrogen-bond donors (Lipinski definition) is 0. The molecule has 0 aliphatic rings. The van der Waals surface area contributed by atoms with Gasteiger partial charge in [-0.3, -0.25) is 4.79 Å². The third-order valence-electron chi connectivity index (χ3n) is 4.86. The van der Waals surface area contributed by atoms with Crippen LogP contribution in [0.1, 0.15) is 41.6 Å². The van der Waals surface area contributed by atoms with Crippen LogP contribution in [0.25, 0.3) is 22.7 Å². The molecule has 4 rings (SSSR count). The quantitative estimate of drug-likeness (QED) is 0.186. The Morgan fingerprint density at radius 3 is 2.52 bits per heavy atom. The van der Waals surface area contributed by atoms with Gasteiger partial charge in [0.2, 0.25) is 5.89 Å². The summed E-state index contributed by atoms with van der Waals surface area (Å²) in [7, 11) is 0. The van der Waals surface area contributed by atoms with Crippen LogP contribution in [0.5, 0.6) is 5.75 Å². The van der Waals surface area contributed by atoms with E-state index in [0.29, 0.717) is 29.0 Å². The van der Waals surface area contributed by atoms with Crippen LogP contribution in [0.15, 0.2) is 77.2 Å². The first-order valence-electron chi connectivity index (χ1n) is 10.3. The highest BCUT2D eigenvalue weighted by atomic mass is 19.1. The number of benzene rings is 3. The van der Waals surface area contributed by atoms with Gasteiger partial charge in [-0.25, -0.2) is 9.37 Å². The lowest BCUT2D eigenvalue weighted by Crippen LogP contribution is -2.04. The predicted molar refractivity (Wildman–Crippen MR) is 119 cm³/mol. The Balaban J connectivity index is 1.72. The van der Waals surface area contributed by atoms with Gasteiger partial charge in [-0.1, -0.05) is 43.7 Å². The van der Waals surface area contributed by atoms with E-state index >= 15 is 0 Å². The first-order chi connectivity index (χ1) is 15.2. The molecule has 0 N–H and O–H groups in total. The molecule has 0 spiro atoms. The second-order valence-corrected chi connectivity index (χ2v) is 7.12. The van der Waals surface area contributed by atoms with Gasteiger partial charge in [0, 0.05) is 11.1 Å². The third-order valence-corrected chi connectivity index (χ3v) is 4.86. The van der Waals surface area contributed by atoms with Gasteiger partial charge in [-0.15, -0.1) is 0 Å². The zero-order chi connectivity index (χ0) is 21.6.